The average molecular weight is 478 g/mol. The Labute approximate surface area is 199 Å². The van der Waals surface area contributed by atoms with Gasteiger partial charge in [-0.15, -0.1) is 11.3 Å². The van der Waals surface area contributed by atoms with E-state index in [4.69, 9.17) is 9.47 Å². The van der Waals surface area contributed by atoms with E-state index in [1.54, 1.807) is 55.8 Å². The number of carbonyl (C=O) groups is 2. The standard InChI is InChI=1S/C25H23N3O5S/c1-4-33-25(31)22-19-14-34-23(26-20(29)13-16-8-6-10-18(12-16)32-3)21(19)24(30)28(27-22)17-9-5-7-15(2)11-17/h5-12,14H,4,13H2,1-3H3,(H,26,29). The number of nitrogens with one attached hydrogen (secondary N) is 1. The lowest BCUT2D eigenvalue weighted by atomic mass is 10.1. The van der Waals surface area contributed by atoms with E-state index in [0.29, 0.717) is 21.8 Å². The summed E-state index contributed by atoms with van der Waals surface area (Å²) in [6.07, 6.45) is 0.0957. The Balaban J connectivity index is 1.78. The Morgan fingerprint density at radius 2 is 1.94 bits per heavy atom. The van der Waals surface area contributed by atoms with Gasteiger partial charge in [-0.1, -0.05) is 24.3 Å². The van der Waals surface area contributed by atoms with Gasteiger partial charge in [0, 0.05) is 10.8 Å². The molecule has 4 aromatic rings. The third kappa shape index (κ3) is 4.69. The summed E-state index contributed by atoms with van der Waals surface area (Å²) in [5, 5.41) is 9.68. The van der Waals surface area contributed by atoms with E-state index in [2.05, 4.69) is 10.4 Å². The maximum atomic E-state index is 13.5. The highest BCUT2D eigenvalue weighted by atomic mass is 32.1. The molecule has 0 atom stereocenters. The van der Waals surface area contributed by atoms with Gasteiger partial charge in [0.1, 0.15) is 10.8 Å². The van der Waals surface area contributed by atoms with Gasteiger partial charge in [-0.3, -0.25) is 9.59 Å². The maximum absolute atomic E-state index is 13.5. The molecule has 2 aromatic heterocycles. The summed E-state index contributed by atoms with van der Waals surface area (Å²) in [7, 11) is 1.56. The Hall–Kier alpha value is -3.98. The summed E-state index contributed by atoms with van der Waals surface area (Å²) in [6, 6.07) is 14.4. The van der Waals surface area contributed by atoms with E-state index in [0.717, 1.165) is 22.5 Å². The molecule has 34 heavy (non-hydrogen) atoms. The first-order chi connectivity index (χ1) is 16.4. The SMILES string of the molecule is CCOC(=O)c1nn(-c2cccc(C)c2)c(=O)c2c(NC(=O)Cc3cccc(OC)c3)scc12. The molecular weight excluding hydrogens is 454 g/mol. The zero-order valence-corrected chi connectivity index (χ0v) is 19.8. The normalized spacial score (nSPS) is 10.8. The van der Waals surface area contributed by atoms with Gasteiger partial charge in [-0.25, -0.2) is 4.79 Å². The van der Waals surface area contributed by atoms with Crippen LogP contribution in [-0.4, -0.2) is 35.4 Å². The minimum Gasteiger partial charge on any atom is -0.497 e. The highest BCUT2D eigenvalue weighted by Gasteiger charge is 2.23. The van der Waals surface area contributed by atoms with E-state index in [1.807, 2.05) is 19.1 Å². The monoisotopic (exact) mass is 477 g/mol. The van der Waals surface area contributed by atoms with Crippen molar-refractivity contribution < 1.29 is 19.1 Å². The van der Waals surface area contributed by atoms with E-state index in [1.165, 1.54) is 4.68 Å². The topological polar surface area (TPSA) is 99.5 Å². The van der Waals surface area contributed by atoms with Crippen LogP contribution in [0.4, 0.5) is 5.00 Å². The number of methoxy groups -OCH3 is 1. The molecule has 0 saturated heterocycles. The van der Waals surface area contributed by atoms with Crippen LogP contribution in [0.3, 0.4) is 0 Å². The molecule has 1 N–H and O–H groups in total. The van der Waals surface area contributed by atoms with Crippen LogP contribution in [0.1, 0.15) is 28.5 Å². The van der Waals surface area contributed by atoms with Gasteiger partial charge in [0.25, 0.3) is 5.56 Å². The number of aromatic nitrogens is 2. The molecule has 4 rings (SSSR count). The van der Waals surface area contributed by atoms with Crippen molar-refractivity contribution in [3.63, 3.8) is 0 Å². The number of hydrogen-bond donors (Lipinski definition) is 1. The number of thiophene rings is 1. The summed E-state index contributed by atoms with van der Waals surface area (Å²) in [4.78, 5) is 38.9. The molecule has 2 heterocycles. The molecule has 0 radical (unpaired) electrons. The maximum Gasteiger partial charge on any atom is 0.359 e. The van der Waals surface area contributed by atoms with Crippen molar-refractivity contribution in [1.82, 2.24) is 9.78 Å². The number of carbonyl (C=O) groups excluding carboxylic acids is 2. The summed E-state index contributed by atoms with van der Waals surface area (Å²) in [6.45, 7) is 3.76. The van der Waals surface area contributed by atoms with Crippen LogP contribution in [0.5, 0.6) is 5.75 Å². The number of anilines is 1. The van der Waals surface area contributed by atoms with Gasteiger partial charge in [-0.05, 0) is 49.2 Å². The molecule has 0 bridgehead atoms. The predicted octanol–water partition coefficient (Wildman–Crippen LogP) is 4.12. The second-order valence-corrected chi connectivity index (χ2v) is 8.43. The number of benzene rings is 2. The summed E-state index contributed by atoms with van der Waals surface area (Å²) in [5.74, 6) is -0.285. The van der Waals surface area contributed by atoms with Crippen molar-refractivity contribution in [3.05, 3.63) is 81.1 Å². The molecule has 0 aliphatic rings. The minimum atomic E-state index is -0.638. The Morgan fingerprint density at radius 3 is 2.68 bits per heavy atom. The Bertz CT molecular complexity index is 1440. The molecule has 0 aliphatic heterocycles. The van der Waals surface area contributed by atoms with Crippen LogP contribution < -0.4 is 15.6 Å². The summed E-state index contributed by atoms with van der Waals surface area (Å²) >= 11 is 1.16. The second kappa shape index (κ2) is 9.88. The van der Waals surface area contributed by atoms with E-state index >= 15 is 0 Å². The van der Waals surface area contributed by atoms with Crippen molar-refractivity contribution in [3.8, 4) is 11.4 Å². The zero-order valence-electron chi connectivity index (χ0n) is 19.0. The van der Waals surface area contributed by atoms with Crippen molar-refractivity contribution in [1.29, 1.82) is 0 Å². The molecular formula is C25H23N3O5S. The van der Waals surface area contributed by atoms with Gasteiger partial charge in [-0.2, -0.15) is 9.78 Å². The first-order valence-corrected chi connectivity index (χ1v) is 11.5. The van der Waals surface area contributed by atoms with Crippen molar-refractivity contribution >= 4 is 39.0 Å². The van der Waals surface area contributed by atoms with Gasteiger partial charge in [0.15, 0.2) is 5.69 Å². The molecule has 0 aliphatic carbocycles. The third-order valence-electron chi connectivity index (χ3n) is 5.12. The summed E-state index contributed by atoms with van der Waals surface area (Å²) < 4.78 is 11.6. The number of rotatable bonds is 7. The molecule has 174 valence electrons. The molecule has 0 saturated carbocycles. The first kappa shape index (κ1) is 23.2. The van der Waals surface area contributed by atoms with Crippen molar-refractivity contribution in [2.45, 2.75) is 20.3 Å². The van der Waals surface area contributed by atoms with Crippen LogP contribution in [0, 0.1) is 6.92 Å². The first-order valence-electron chi connectivity index (χ1n) is 10.6. The fourth-order valence-corrected chi connectivity index (χ4v) is 4.52. The molecule has 2 aromatic carbocycles. The van der Waals surface area contributed by atoms with E-state index in [-0.39, 0.29) is 30.0 Å². The number of amides is 1. The molecule has 8 nitrogen and oxygen atoms in total. The zero-order chi connectivity index (χ0) is 24.2. The lowest BCUT2D eigenvalue weighted by molar-refractivity contribution is -0.115. The smallest absolute Gasteiger partial charge is 0.359 e. The molecule has 0 unspecified atom stereocenters. The Morgan fingerprint density at radius 1 is 1.15 bits per heavy atom. The van der Waals surface area contributed by atoms with Crippen molar-refractivity contribution in [2.24, 2.45) is 0 Å². The molecule has 9 heteroatoms. The predicted molar refractivity (Wildman–Crippen MR) is 131 cm³/mol. The van der Waals surface area contributed by atoms with Gasteiger partial charge < -0.3 is 14.8 Å². The van der Waals surface area contributed by atoms with E-state index < -0.39 is 11.5 Å². The fourth-order valence-electron chi connectivity index (χ4n) is 3.57. The van der Waals surface area contributed by atoms with Crippen LogP contribution in [0.25, 0.3) is 16.5 Å². The van der Waals surface area contributed by atoms with Crippen LogP contribution in [0.15, 0.2) is 58.7 Å². The quantitative estimate of drug-likeness (QED) is 0.402. The van der Waals surface area contributed by atoms with Gasteiger partial charge >= 0.3 is 5.97 Å². The number of esters is 1. The second-order valence-electron chi connectivity index (χ2n) is 7.56. The van der Waals surface area contributed by atoms with E-state index in [9.17, 15) is 14.4 Å². The number of ether oxygens (including phenoxy) is 2. The highest BCUT2D eigenvalue weighted by Crippen LogP contribution is 2.31. The fraction of sp³-hybridized carbons (Fsp3) is 0.200. The third-order valence-corrected chi connectivity index (χ3v) is 6.01. The van der Waals surface area contributed by atoms with Crippen LogP contribution >= 0.6 is 11.3 Å². The van der Waals surface area contributed by atoms with Crippen LogP contribution in [0.2, 0.25) is 0 Å². The van der Waals surface area contributed by atoms with Gasteiger partial charge in [0.2, 0.25) is 5.91 Å². The lowest BCUT2D eigenvalue weighted by Crippen LogP contribution is -2.25. The van der Waals surface area contributed by atoms with Crippen LogP contribution in [-0.2, 0) is 16.0 Å². The number of nitrogens with zero attached hydrogens (tertiary/aromatic N) is 2. The lowest BCUT2D eigenvalue weighted by Gasteiger charge is -2.10. The minimum absolute atomic E-state index is 0.0162. The summed E-state index contributed by atoms with van der Waals surface area (Å²) in [5.41, 5.74) is 1.79. The average Bonchev–Trinajstić information content (AvgIpc) is 3.23. The largest absolute Gasteiger partial charge is 0.497 e. The highest BCUT2D eigenvalue weighted by molar-refractivity contribution is 7.16. The number of fused-ring (bicyclic) bond motifs is 1. The molecule has 1 amide bonds. The Kier molecular flexibility index (Phi) is 6.74. The van der Waals surface area contributed by atoms with Gasteiger partial charge in [0.05, 0.1) is 31.2 Å². The molecule has 0 fully saturated rings. The molecule has 0 spiro atoms. The number of aryl methyl sites for hydroxylation is 1. The number of hydrogen-bond acceptors (Lipinski definition) is 7. The van der Waals surface area contributed by atoms with Crippen molar-refractivity contribution in [2.75, 3.05) is 19.0 Å².